The van der Waals surface area contributed by atoms with Gasteiger partial charge in [0.15, 0.2) is 0 Å². The fourth-order valence-electron chi connectivity index (χ4n) is 1.89. The number of ether oxygens (including phenoxy) is 1. The van der Waals surface area contributed by atoms with Crippen molar-refractivity contribution < 1.29 is 9.53 Å². The predicted octanol–water partition coefficient (Wildman–Crippen LogP) is 2.18. The molecule has 0 fully saturated rings. The molecule has 0 aliphatic rings. The second kappa shape index (κ2) is 8.59. The van der Waals surface area contributed by atoms with Crippen molar-refractivity contribution in [3.8, 4) is 5.75 Å². The van der Waals surface area contributed by atoms with Gasteiger partial charge in [0.1, 0.15) is 5.75 Å². The lowest BCUT2D eigenvalue weighted by molar-refractivity contribution is -0.113. The molecule has 2 rings (SSSR count). The Balaban J connectivity index is 1.80. The molecular weight excluding hydrogens is 312 g/mol. The van der Waals surface area contributed by atoms with E-state index in [0.29, 0.717) is 5.75 Å². The largest absolute Gasteiger partial charge is 0.497 e. The monoisotopic (exact) mass is 334 g/mol. The van der Waals surface area contributed by atoms with Crippen LogP contribution in [0.5, 0.6) is 5.75 Å². The Labute approximate surface area is 140 Å². The lowest BCUT2D eigenvalue weighted by Crippen LogP contribution is -2.18. The first kappa shape index (κ1) is 17.4. The lowest BCUT2D eigenvalue weighted by Gasteiger charge is -2.08. The van der Waals surface area contributed by atoms with Gasteiger partial charge in [0.2, 0.25) is 5.91 Å². The Hall–Kier alpha value is -1.99. The summed E-state index contributed by atoms with van der Waals surface area (Å²) in [7, 11) is 5.66. The molecule has 0 aliphatic heterocycles. The summed E-state index contributed by atoms with van der Waals surface area (Å²) >= 11 is 1.47. The van der Waals surface area contributed by atoms with E-state index in [9.17, 15) is 4.79 Å². The molecule has 0 atom stereocenters. The van der Waals surface area contributed by atoms with E-state index in [1.54, 1.807) is 13.3 Å². The molecule has 124 valence electrons. The number of rotatable bonds is 8. The number of nitrogens with one attached hydrogen (secondary N) is 1. The molecule has 0 spiro atoms. The van der Waals surface area contributed by atoms with Gasteiger partial charge in [-0.15, -0.1) is 11.8 Å². The van der Waals surface area contributed by atoms with Gasteiger partial charge in [-0.3, -0.25) is 9.48 Å². The molecule has 2 aromatic rings. The smallest absolute Gasteiger partial charge is 0.234 e. The molecule has 1 heterocycles. The summed E-state index contributed by atoms with van der Waals surface area (Å²) in [4.78, 5) is 15.1. The molecule has 7 heteroatoms. The van der Waals surface area contributed by atoms with Gasteiger partial charge in [0.05, 0.1) is 31.3 Å². The molecule has 0 saturated carbocycles. The minimum Gasteiger partial charge on any atom is -0.497 e. The molecule has 1 amide bonds. The highest BCUT2D eigenvalue weighted by atomic mass is 32.2. The van der Waals surface area contributed by atoms with Gasteiger partial charge >= 0.3 is 0 Å². The standard InChI is InChI=1S/C16H22N4O2S/c1-19(2)7-8-20-11-13(10-17-20)18-16(21)12-23-15-6-4-5-14(9-15)22-3/h4-6,9-11H,7-8,12H2,1-3H3,(H,18,21). The van der Waals surface area contributed by atoms with Crippen molar-refractivity contribution in [1.29, 1.82) is 0 Å². The summed E-state index contributed by atoms with van der Waals surface area (Å²) < 4.78 is 7.00. The van der Waals surface area contributed by atoms with Crippen LogP contribution in [0.2, 0.25) is 0 Å². The summed E-state index contributed by atoms with van der Waals surface area (Å²) in [6.45, 7) is 1.70. The SMILES string of the molecule is COc1cccc(SCC(=O)Nc2cnn(CCN(C)C)c2)c1. The van der Waals surface area contributed by atoms with Crippen LogP contribution in [0.3, 0.4) is 0 Å². The zero-order valence-electron chi connectivity index (χ0n) is 13.7. The number of benzene rings is 1. The van der Waals surface area contributed by atoms with E-state index >= 15 is 0 Å². The number of carbonyl (C=O) groups excluding carboxylic acids is 1. The quantitative estimate of drug-likeness (QED) is 0.750. The number of aromatic nitrogens is 2. The molecule has 1 aromatic heterocycles. The van der Waals surface area contributed by atoms with Crippen LogP contribution in [0.4, 0.5) is 5.69 Å². The van der Waals surface area contributed by atoms with Crippen LogP contribution >= 0.6 is 11.8 Å². The van der Waals surface area contributed by atoms with Gasteiger partial charge in [-0.1, -0.05) is 6.07 Å². The number of hydrogen-bond acceptors (Lipinski definition) is 5. The highest BCUT2D eigenvalue weighted by molar-refractivity contribution is 8.00. The molecule has 0 aliphatic carbocycles. The van der Waals surface area contributed by atoms with E-state index in [1.807, 2.05) is 49.2 Å². The molecule has 0 bridgehead atoms. The Bertz CT molecular complexity index is 643. The zero-order chi connectivity index (χ0) is 16.7. The lowest BCUT2D eigenvalue weighted by atomic mass is 10.3. The number of amides is 1. The maximum atomic E-state index is 12.0. The first-order valence-electron chi connectivity index (χ1n) is 7.30. The summed E-state index contributed by atoms with van der Waals surface area (Å²) in [5, 5.41) is 7.09. The fourth-order valence-corrected chi connectivity index (χ4v) is 2.63. The summed E-state index contributed by atoms with van der Waals surface area (Å²) in [6, 6.07) is 7.66. The Morgan fingerprint density at radius 1 is 1.43 bits per heavy atom. The maximum absolute atomic E-state index is 12.0. The van der Waals surface area contributed by atoms with Crippen molar-refractivity contribution in [2.75, 3.05) is 38.8 Å². The molecule has 0 radical (unpaired) electrons. The fraction of sp³-hybridized carbons (Fsp3) is 0.375. The summed E-state index contributed by atoms with van der Waals surface area (Å²) in [6.07, 6.45) is 3.52. The predicted molar refractivity (Wildman–Crippen MR) is 93.1 cm³/mol. The van der Waals surface area contributed by atoms with Gasteiger partial charge in [0.25, 0.3) is 0 Å². The van der Waals surface area contributed by atoms with E-state index in [4.69, 9.17) is 4.74 Å². The highest BCUT2D eigenvalue weighted by Gasteiger charge is 2.06. The van der Waals surface area contributed by atoms with Crippen LogP contribution in [-0.2, 0) is 11.3 Å². The van der Waals surface area contributed by atoms with Gasteiger partial charge in [0, 0.05) is 17.6 Å². The zero-order valence-corrected chi connectivity index (χ0v) is 14.5. The Kier molecular flexibility index (Phi) is 6.49. The van der Waals surface area contributed by atoms with E-state index in [-0.39, 0.29) is 5.91 Å². The molecule has 1 N–H and O–H groups in total. The minimum atomic E-state index is -0.0509. The van der Waals surface area contributed by atoms with Crippen LogP contribution in [0.25, 0.3) is 0 Å². The number of likely N-dealkylation sites (N-methyl/N-ethyl adjacent to an activating group) is 1. The first-order valence-corrected chi connectivity index (χ1v) is 8.29. The summed E-state index contributed by atoms with van der Waals surface area (Å²) in [5.74, 6) is 1.08. The van der Waals surface area contributed by atoms with Crippen LogP contribution in [0.15, 0.2) is 41.6 Å². The maximum Gasteiger partial charge on any atom is 0.234 e. The third kappa shape index (κ3) is 5.96. The third-order valence-corrected chi connectivity index (χ3v) is 4.10. The van der Waals surface area contributed by atoms with Crippen molar-refractivity contribution in [2.45, 2.75) is 11.4 Å². The van der Waals surface area contributed by atoms with E-state index in [1.165, 1.54) is 11.8 Å². The van der Waals surface area contributed by atoms with Crippen molar-refractivity contribution in [3.05, 3.63) is 36.7 Å². The normalized spacial score (nSPS) is 10.8. The van der Waals surface area contributed by atoms with Gasteiger partial charge in [-0.25, -0.2) is 0 Å². The van der Waals surface area contributed by atoms with Crippen molar-refractivity contribution in [1.82, 2.24) is 14.7 Å². The van der Waals surface area contributed by atoms with Crippen molar-refractivity contribution >= 4 is 23.4 Å². The van der Waals surface area contributed by atoms with Gasteiger partial charge in [-0.05, 0) is 32.3 Å². The first-order chi connectivity index (χ1) is 11.1. The third-order valence-electron chi connectivity index (χ3n) is 3.10. The molecule has 6 nitrogen and oxygen atoms in total. The Morgan fingerprint density at radius 2 is 2.26 bits per heavy atom. The van der Waals surface area contributed by atoms with E-state index in [2.05, 4.69) is 15.3 Å². The number of hydrogen-bond donors (Lipinski definition) is 1. The van der Waals surface area contributed by atoms with E-state index < -0.39 is 0 Å². The average molecular weight is 334 g/mol. The van der Waals surface area contributed by atoms with Crippen molar-refractivity contribution in [3.63, 3.8) is 0 Å². The van der Waals surface area contributed by atoms with Crippen LogP contribution in [0, 0.1) is 0 Å². The minimum absolute atomic E-state index is 0.0509. The summed E-state index contributed by atoms with van der Waals surface area (Å²) in [5.41, 5.74) is 0.722. The van der Waals surface area contributed by atoms with Crippen LogP contribution < -0.4 is 10.1 Å². The number of nitrogens with zero attached hydrogens (tertiary/aromatic N) is 3. The Morgan fingerprint density at radius 3 is 3.00 bits per heavy atom. The van der Waals surface area contributed by atoms with Crippen LogP contribution in [0.1, 0.15) is 0 Å². The highest BCUT2D eigenvalue weighted by Crippen LogP contribution is 2.22. The van der Waals surface area contributed by atoms with Crippen LogP contribution in [-0.4, -0.2) is 54.1 Å². The topological polar surface area (TPSA) is 59.4 Å². The molecular formula is C16H22N4O2S. The second-order valence-corrected chi connectivity index (χ2v) is 6.36. The van der Waals surface area contributed by atoms with Gasteiger partial charge < -0.3 is 15.0 Å². The second-order valence-electron chi connectivity index (χ2n) is 5.31. The number of anilines is 1. The number of carbonyl (C=O) groups is 1. The van der Waals surface area contributed by atoms with Crippen molar-refractivity contribution in [2.24, 2.45) is 0 Å². The molecule has 23 heavy (non-hydrogen) atoms. The number of thioether (sulfide) groups is 1. The molecule has 0 saturated heterocycles. The average Bonchev–Trinajstić information content (AvgIpc) is 2.98. The molecule has 1 aromatic carbocycles. The van der Waals surface area contributed by atoms with E-state index in [0.717, 1.165) is 29.4 Å². The van der Waals surface area contributed by atoms with Gasteiger partial charge in [-0.2, -0.15) is 5.10 Å². The number of methoxy groups -OCH3 is 1. The molecule has 0 unspecified atom stereocenters.